The van der Waals surface area contributed by atoms with E-state index < -0.39 is 36.5 Å². The van der Waals surface area contributed by atoms with E-state index in [-0.39, 0.29) is 13.2 Å². The van der Waals surface area contributed by atoms with E-state index in [0.717, 1.165) is 5.69 Å². The average molecular weight is 297 g/mol. The lowest BCUT2D eigenvalue weighted by Gasteiger charge is -2.42. The van der Waals surface area contributed by atoms with Crippen molar-refractivity contribution in [1.82, 2.24) is 15.0 Å². The lowest BCUT2D eigenvalue weighted by molar-refractivity contribution is -0.257. The van der Waals surface area contributed by atoms with Crippen molar-refractivity contribution >= 4 is 11.9 Å². The molecule has 1 saturated heterocycles. The predicted octanol–water partition coefficient (Wildman–Crippen LogP) is -0.431. The third kappa shape index (κ3) is 2.61. The largest absolute Gasteiger partial charge is 0.456 e. The zero-order valence-electron chi connectivity index (χ0n) is 11.6. The topological polar surface area (TPSA) is 102 Å². The SMILES string of the molecule is CC(=O)O[C@@H]1[C@H]2OCc3cnnn3[C@@H]2OC[C@@H]1OC(C)=O. The monoisotopic (exact) mass is 297 g/mol. The van der Waals surface area contributed by atoms with E-state index in [2.05, 4.69) is 10.3 Å². The number of ether oxygens (including phenoxy) is 4. The Kier molecular flexibility index (Phi) is 3.60. The third-order valence-corrected chi connectivity index (χ3v) is 3.34. The van der Waals surface area contributed by atoms with E-state index in [0.29, 0.717) is 0 Å². The summed E-state index contributed by atoms with van der Waals surface area (Å²) >= 11 is 0. The molecule has 0 radical (unpaired) electrons. The first-order valence-corrected chi connectivity index (χ1v) is 6.53. The molecule has 3 heterocycles. The van der Waals surface area contributed by atoms with E-state index in [1.807, 2.05) is 0 Å². The van der Waals surface area contributed by atoms with Crippen LogP contribution in [-0.4, -0.2) is 51.9 Å². The van der Waals surface area contributed by atoms with E-state index in [1.165, 1.54) is 13.8 Å². The molecular formula is C12H15N3O6. The highest BCUT2D eigenvalue weighted by molar-refractivity contribution is 5.67. The van der Waals surface area contributed by atoms with Gasteiger partial charge < -0.3 is 18.9 Å². The summed E-state index contributed by atoms with van der Waals surface area (Å²) in [6.45, 7) is 2.93. The molecule has 0 aliphatic carbocycles. The molecule has 0 amide bonds. The van der Waals surface area contributed by atoms with Crippen LogP contribution < -0.4 is 0 Å². The van der Waals surface area contributed by atoms with Crippen molar-refractivity contribution in [3.8, 4) is 0 Å². The summed E-state index contributed by atoms with van der Waals surface area (Å²) in [5.41, 5.74) is 0.767. The molecule has 0 N–H and O–H groups in total. The minimum absolute atomic E-state index is 0.0847. The fourth-order valence-corrected chi connectivity index (χ4v) is 2.56. The third-order valence-electron chi connectivity index (χ3n) is 3.34. The smallest absolute Gasteiger partial charge is 0.303 e. The Bertz CT molecular complexity index is 559. The number of carbonyl (C=O) groups is 2. The van der Waals surface area contributed by atoms with Crippen LogP contribution in [0.4, 0.5) is 0 Å². The van der Waals surface area contributed by atoms with Gasteiger partial charge in [-0.1, -0.05) is 5.21 Å². The first-order chi connectivity index (χ1) is 10.1. The zero-order chi connectivity index (χ0) is 15.0. The highest BCUT2D eigenvalue weighted by Crippen LogP contribution is 2.34. The lowest BCUT2D eigenvalue weighted by atomic mass is 10.0. The van der Waals surface area contributed by atoms with Crippen molar-refractivity contribution in [2.24, 2.45) is 0 Å². The summed E-state index contributed by atoms with van der Waals surface area (Å²) in [6, 6.07) is 0. The van der Waals surface area contributed by atoms with E-state index in [1.54, 1.807) is 10.9 Å². The molecule has 4 atom stereocenters. The summed E-state index contributed by atoms with van der Waals surface area (Å²) in [7, 11) is 0. The number of aromatic nitrogens is 3. The van der Waals surface area contributed by atoms with Gasteiger partial charge in [-0.05, 0) is 0 Å². The van der Waals surface area contributed by atoms with Gasteiger partial charge in [0.15, 0.2) is 18.4 Å². The summed E-state index contributed by atoms with van der Waals surface area (Å²) in [5.74, 6) is -0.956. The first kappa shape index (κ1) is 14.0. The van der Waals surface area contributed by atoms with Crippen LogP contribution in [-0.2, 0) is 35.1 Å². The van der Waals surface area contributed by atoms with Gasteiger partial charge >= 0.3 is 11.9 Å². The average Bonchev–Trinajstić information content (AvgIpc) is 2.88. The molecule has 0 spiro atoms. The maximum absolute atomic E-state index is 11.3. The van der Waals surface area contributed by atoms with Crippen molar-refractivity contribution in [1.29, 1.82) is 0 Å². The number of carbonyl (C=O) groups excluding carboxylic acids is 2. The maximum Gasteiger partial charge on any atom is 0.303 e. The second-order valence-electron chi connectivity index (χ2n) is 4.89. The molecule has 9 heteroatoms. The van der Waals surface area contributed by atoms with Crippen LogP contribution in [0, 0.1) is 0 Å². The standard InChI is InChI=1S/C12H15N3O6/c1-6(16)20-9-5-19-12-11(10(9)21-7(2)17)18-4-8-3-13-14-15(8)12/h3,9-12H,4-5H2,1-2H3/t9-,10-,11+,12+/m0/s1. The normalized spacial score (nSPS) is 31.0. The molecule has 9 nitrogen and oxygen atoms in total. The number of fused-ring (bicyclic) bond motifs is 3. The lowest BCUT2D eigenvalue weighted by Crippen LogP contribution is -2.56. The van der Waals surface area contributed by atoms with Crippen molar-refractivity contribution in [3.05, 3.63) is 11.9 Å². The Balaban J connectivity index is 1.86. The van der Waals surface area contributed by atoms with Gasteiger partial charge in [-0.2, -0.15) is 0 Å². The van der Waals surface area contributed by atoms with Crippen molar-refractivity contribution in [2.45, 2.75) is 45.0 Å². The van der Waals surface area contributed by atoms with Crippen LogP contribution in [0.15, 0.2) is 6.20 Å². The molecule has 0 unspecified atom stereocenters. The Morgan fingerprint density at radius 1 is 1.29 bits per heavy atom. The summed E-state index contributed by atoms with van der Waals surface area (Å²) in [4.78, 5) is 22.5. The van der Waals surface area contributed by atoms with Gasteiger partial charge in [-0.25, -0.2) is 4.68 Å². The minimum atomic E-state index is -0.748. The summed E-state index contributed by atoms with van der Waals surface area (Å²) in [6.07, 6.45) is -1.05. The van der Waals surface area contributed by atoms with Crippen LogP contribution in [0.2, 0.25) is 0 Å². The van der Waals surface area contributed by atoms with Gasteiger partial charge in [-0.3, -0.25) is 9.59 Å². The molecule has 2 aliphatic rings. The summed E-state index contributed by atoms with van der Waals surface area (Å²) < 4.78 is 23.4. The minimum Gasteiger partial charge on any atom is -0.456 e. The van der Waals surface area contributed by atoms with Gasteiger partial charge in [-0.15, -0.1) is 5.10 Å². The molecule has 0 saturated carbocycles. The number of hydrogen-bond acceptors (Lipinski definition) is 8. The molecule has 114 valence electrons. The predicted molar refractivity (Wildman–Crippen MR) is 64.7 cm³/mol. The highest BCUT2D eigenvalue weighted by atomic mass is 16.6. The van der Waals surface area contributed by atoms with Crippen LogP contribution in [0.3, 0.4) is 0 Å². The van der Waals surface area contributed by atoms with E-state index >= 15 is 0 Å². The molecule has 2 aliphatic heterocycles. The van der Waals surface area contributed by atoms with Gasteiger partial charge in [0.2, 0.25) is 0 Å². The molecule has 1 aromatic rings. The Labute approximate surface area is 120 Å². The summed E-state index contributed by atoms with van der Waals surface area (Å²) in [5, 5.41) is 7.76. The number of rotatable bonds is 2. The second kappa shape index (κ2) is 5.41. The van der Waals surface area contributed by atoms with Crippen molar-refractivity contribution in [3.63, 3.8) is 0 Å². The fraction of sp³-hybridized carbons (Fsp3) is 0.667. The Morgan fingerprint density at radius 3 is 2.76 bits per heavy atom. The molecule has 1 aromatic heterocycles. The molecule has 1 fully saturated rings. The number of hydrogen-bond donors (Lipinski definition) is 0. The van der Waals surface area contributed by atoms with Crippen molar-refractivity contribution < 1.29 is 28.5 Å². The Hall–Kier alpha value is -2.00. The first-order valence-electron chi connectivity index (χ1n) is 6.53. The van der Waals surface area contributed by atoms with Crippen LogP contribution in [0.1, 0.15) is 25.8 Å². The number of esters is 2. The highest BCUT2D eigenvalue weighted by Gasteiger charge is 2.48. The van der Waals surface area contributed by atoms with E-state index in [9.17, 15) is 9.59 Å². The molecule has 3 rings (SSSR count). The Morgan fingerprint density at radius 2 is 2.05 bits per heavy atom. The molecular weight excluding hydrogens is 282 g/mol. The van der Waals surface area contributed by atoms with Gasteiger partial charge in [0.25, 0.3) is 0 Å². The maximum atomic E-state index is 11.3. The quantitative estimate of drug-likeness (QED) is 0.678. The molecule has 0 bridgehead atoms. The van der Waals surface area contributed by atoms with Crippen LogP contribution in [0.25, 0.3) is 0 Å². The number of nitrogens with zero attached hydrogens (tertiary/aromatic N) is 3. The van der Waals surface area contributed by atoms with E-state index in [4.69, 9.17) is 18.9 Å². The van der Waals surface area contributed by atoms with Crippen molar-refractivity contribution in [2.75, 3.05) is 6.61 Å². The van der Waals surface area contributed by atoms with Gasteiger partial charge in [0.05, 0.1) is 25.1 Å². The van der Waals surface area contributed by atoms with Crippen LogP contribution in [0.5, 0.6) is 0 Å². The fourth-order valence-electron chi connectivity index (χ4n) is 2.56. The van der Waals surface area contributed by atoms with Gasteiger partial charge in [0, 0.05) is 13.8 Å². The molecule has 21 heavy (non-hydrogen) atoms. The zero-order valence-corrected chi connectivity index (χ0v) is 11.6. The van der Waals surface area contributed by atoms with Crippen LogP contribution >= 0.6 is 0 Å². The second-order valence-corrected chi connectivity index (χ2v) is 4.89. The van der Waals surface area contributed by atoms with Gasteiger partial charge in [0.1, 0.15) is 6.10 Å². The molecule has 0 aromatic carbocycles.